The van der Waals surface area contributed by atoms with Crippen molar-refractivity contribution in [3.8, 4) is 44.5 Å². The molecular formula is C58H61N2+. The van der Waals surface area contributed by atoms with Crippen molar-refractivity contribution >= 4 is 27.5 Å². The molecule has 2 aliphatic rings. The monoisotopic (exact) mass is 785 g/mol. The predicted octanol–water partition coefficient (Wildman–Crippen LogP) is 15.3. The lowest BCUT2D eigenvalue weighted by Crippen LogP contribution is -2.66. The van der Waals surface area contributed by atoms with Crippen LogP contribution in [0.3, 0.4) is 0 Å². The zero-order valence-electron chi connectivity index (χ0n) is 37.3. The van der Waals surface area contributed by atoms with E-state index in [2.05, 4.69) is 205 Å². The van der Waals surface area contributed by atoms with Crippen LogP contribution in [0.2, 0.25) is 0 Å². The third-order valence-electron chi connectivity index (χ3n) is 15.6. The molecule has 2 atom stereocenters. The normalized spacial score (nSPS) is 20.1. The smallest absolute Gasteiger partial charge is 0.216 e. The van der Waals surface area contributed by atoms with Crippen LogP contribution in [0.4, 0.5) is 0 Å². The molecule has 60 heavy (non-hydrogen) atoms. The Morgan fingerprint density at radius 3 is 1.85 bits per heavy atom. The van der Waals surface area contributed by atoms with E-state index in [0.29, 0.717) is 0 Å². The van der Waals surface area contributed by atoms with Gasteiger partial charge in [-0.3, -0.25) is 0 Å². The first-order valence-corrected chi connectivity index (χ1v) is 22.7. The first kappa shape index (κ1) is 38.7. The molecule has 2 heteroatoms. The molecule has 1 aliphatic carbocycles. The van der Waals surface area contributed by atoms with Gasteiger partial charge in [0.15, 0.2) is 11.0 Å². The first-order valence-electron chi connectivity index (χ1n) is 22.7. The van der Waals surface area contributed by atoms with Gasteiger partial charge >= 0.3 is 0 Å². The van der Waals surface area contributed by atoms with Crippen LogP contribution in [0.15, 0.2) is 134 Å². The molecule has 0 amide bonds. The van der Waals surface area contributed by atoms with Crippen LogP contribution < -0.4 is 4.57 Å². The van der Waals surface area contributed by atoms with Gasteiger partial charge in [0.2, 0.25) is 0 Å². The fraction of sp³-hybridized carbons (Fsp3) is 0.328. The number of rotatable bonds is 9. The number of pyridine rings is 1. The van der Waals surface area contributed by atoms with Gasteiger partial charge in [-0.2, -0.15) is 4.40 Å². The number of imidazole rings is 1. The second-order valence-corrected chi connectivity index (χ2v) is 20.0. The van der Waals surface area contributed by atoms with Crippen molar-refractivity contribution in [3.05, 3.63) is 156 Å². The Kier molecular flexibility index (Phi) is 8.89. The molecule has 10 rings (SSSR count). The van der Waals surface area contributed by atoms with E-state index in [1.807, 2.05) is 0 Å². The van der Waals surface area contributed by atoms with E-state index in [9.17, 15) is 0 Å². The number of benzene rings is 6. The molecule has 6 aromatic carbocycles. The van der Waals surface area contributed by atoms with Crippen LogP contribution in [0.25, 0.3) is 72.0 Å². The van der Waals surface area contributed by atoms with Gasteiger partial charge in [0.25, 0.3) is 5.65 Å². The van der Waals surface area contributed by atoms with E-state index < -0.39 is 0 Å². The minimum absolute atomic E-state index is 0.0654. The highest BCUT2D eigenvalue weighted by Crippen LogP contribution is 2.54. The summed E-state index contributed by atoms with van der Waals surface area (Å²) < 4.78 is 5.33. The third-order valence-corrected chi connectivity index (χ3v) is 15.6. The Balaban J connectivity index is 1.19. The quantitative estimate of drug-likeness (QED) is 0.129. The van der Waals surface area contributed by atoms with Crippen LogP contribution in [0.1, 0.15) is 117 Å². The maximum atomic E-state index is 2.79. The fourth-order valence-corrected chi connectivity index (χ4v) is 12.0. The first-order chi connectivity index (χ1) is 28.8. The molecule has 3 heterocycles. The fourth-order valence-electron chi connectivity index (χ4n) is 12.0. The van der Waals surface area contributed by atoms with Gasteiger partial charge in [-0.05, 0) is 159 Å². The Hall–Kier alpha value is -5.47. The minimum atomic E-state index is -0.110. The summed E-state index contributed by atoms with van der Waals surface area (Å²) in [6.07, 6.45) is 9.19. The van der Waals surface area contributed by atoms with Gasteiger partial charge in [-0.1, -0.05) is 147 Å². The van der Waals surface area contributed by atoms with E-state index in [0.717, 1.165) is 19.3 Å². The lowest BCUT2D eigenvalue weighted by molar-refractivity contribution is -0.728. The maximum absolute atomic E-state index is 2.79. The highest BCUT2D eigenvalue weighted by molar-refractivity contribution is 6.07. The molecule has 0 spiro atoms. The lowest BCUT2D eigenvalue weighted by Gasteiger charge is -2.47. The summed E-state index contributed by atoms with van der Waals surface area (Å²) in [5.41, 5.74) is 20.1. The number of hydrogen-bond donors (Lipinski definition) is 0. The molecule has 1 aliphatic heterocycles. The zero-order valence-corrected chi connectivity index (χ0v) is 37.3. The molecule has 0 N–H and O–H groups in total. The Labute approximate surface area is 357 Å². The van der Waals surface area contributed by atoms with Gasteiger partial charge in [-0.25, -0.2) is 4.57 Å². The lowest BCUT2D eigenvalue weighted by atomic mass is 9.61. The largest absolute Gasteiger partial charge is 0.295 e. The van der Waals surface area contributed by atoms with Crippen LogP contribution in [-0.2, 0) is 28.2 Å². The molecule has 0 fully saturated rings. The summed E-state index contributed by atoms with van der Waals surface area (Å²) in [5.74, 6) is 0. The Bertz CT molecular complexity index is 3000. The van der Waals surface area contributed by atoms with Crippen LogP contribution in [-0.4, -0.2) is 4.40 Å². The third kappa shape index (κ3) is 5.62. The number of aryl methyl sites for hydroxylation is 1. The summed E-state index contributed by atoms with van der Waals surface area (Å²) in [7, 11) is 0. The van der Waals surface area contributed by atoms with Crippen molar-refractivity contribution in [1.82, 2.24) is 4.40 Å². The summed E-state index contributed by atoms with van der Waals surface area (Å²) in [6.45, 7) is 22.0. The maximum Gasteiger partial charge on any atom is 0.295 e. The number of nitrogens with zero attached hydrogens (tertiary/aromatic N) is 2. The summed E-state index contributed by atoms with van der Waals surface area (Å²) in [4.78, 5) is 0. The zero-order chi connectivity index (χ0) is 41.8. The molecule has 2 aromatic heterocycles. The predicted molar refractivity (Wildman–Crippen MR) is 255 cm³/mol. The number of hydrogen-bond acceptors (Lipinski definition) is 0. The number of fused-ring (bicyclic) bond motifs is 4. The van der Waals surface area contributed by atoms with Crippen molar-refractivity contribution in [1.29, 1.82) is 0 Å². The van der Waals surface area contributed by atoms with E-state index >= 15 is 0 Å². The molecular weight excluding hydrogens is 725 g/mol. The van der Waals surface area contributed by atoms with Crippen LogP contribution >= 0.6 is 0 Å². The highest BCUT2D eigenvalue weighted by atomic mass is 15.2. The topological polar surface area (TPSA) is 8.29 Å². The van der Waals surface area contributed by atoms with Gasteiger partial charge in [0.05, 0.1) is 11.6 Å². The van der Waals surface area contributed by atoms with E-state index in [1.54, 1.807) is 0 Å². The van der Waals surface area contributed by atoms with E-state index in [4.69, 9.17) is 0 Å². The van der Waals surface area contributed by atoms with Crippen molar-refractivity contribution in [2.75, 3.05) is 0 Å². The summed E-state index contributed by atoms with van der Waals surface area (Å²) in [6, 6.07) is 49.0. The van der Waals surface area contributed by atoms with E-state index in [-0.39, 0.29) is 21.8 Å². The van der Waals surface area contributed by atoms with E-state index in [1.165, 1.54) is 113 Å². The van der Waals surface area contributed by atoms with Crippen LogP contribution in [0, 0.1) is 0 Å². The van der Waals surface area contributed by atoms with Crippen LogP contribution in [0.5, 0.6) is 0 Å². The van der Waals surface area contributed by atoms with Gasteiger partial charge in [0.1, 0.15) is 5.54 Å². The highest BCUT2D eigenvalue weighted by Gasteiger charge is 2.55. The molecule has 8 aromatic rings. The minimum Gasteiger partial charge on any atom is -0.216 e. The molecule has 0 saturated heterocycles. The summed E-state index contributed by atoms with van der Waals surface area (Å²) >= 11 is 0. The summed E-state index contributed by atoms with van der Waals surface area (Å²) in [5, 5.41) is 2.74. The SMILES string of the molecule is CCCCc1cccc(-c2cc(-c3ccccc3)cc(-c3cccc(-c4ccc5c6c4ccn4c7cc8c(cc7[n+](c64)C(C)(CC)C5(C)CC)C(C)(C)CC8(C)C)c3)c2)c1. The van der Waals surface area contributed by atoms with Crippen molar-refractivity contribution in [2.45, 2.75) is 123 Å². The number of aromatic nitrogens is 2. The Morgan fingerprint density at radius 2 is 1.17 bits per heavy atom. The second-order valence-electron chi connectivity index (χ2n) is 20.0. The molecule has 0 radical (unpaired) electrons. The molecule has 2 nitrogen and oxygen atoms in total. The van der Waals surface area contributed by atoms with Gasteiger partial charge in [0, 0.05) is 10.8 Å². The molecule has 0 bridgehead atoms. The van der Waals surface area contributed by atoms with Crippen molar-refractivity contribution in [3.63, 3.8) is 0 Å². The Morgan fingerprint density at radius 1 is 0.550 bits per heavy atom. The van der Waals surface area contributed by atoms with Gasteiger partial charge in [-0.15, -0.1) is 0 Å². The van der Waals surface area contributed by atoms with Crippen molar-refractivity contribution in [2.24, 2.45) is 0 Å². The molecule has 302 valence electrons. The molecule has 2 unspecified atom stereocenters. The number of unbranched alkanes of at least 4 members (excludes halogenated alkanes) is 1. The standard InChI is InChI=1S/C58H61N2/c1-10-13-19-38-20-17-23-40(30-38)44-32-43(39-21-15-14-16-22-39)33-45(34-44)41-24-18-25-42(31-41)46-26-27-48-53-47(46)28-29-59-51-35-49-50(56(6,7)37-55(49,4)5)36-52(51)60(54(53)59)58(9,12-3)57(48,8)11-2/h14-18,20-36H,10-13,19,37H2,1-9H3/q+1. The van der Waals surface area contributed by atoms with Gasteiger partial charge < -0.3 is 0 Å². The average molecular weight is 786 g/mol. The second kappa shape index (κ2) is 13.8. The molecule has 0 saturated carbocycles. The van der Waals surface area contributed by atoms with Crippen molar-refractivity contribution < 1.29 is 4.57 Å². The average Bonchev–Trinajstić information content (AvgIpc) is 3.70.